The Morgan fingerprint density at radius 3 is 2.58 bits per heavy atom. The highest BCUT2D eigenvalue weighted by Gasteiger charge is 2.46. The monoisotopic (exact) mass is 280 g/mol. The van der Waals surface area contributed by atoms with E-state index in [4.69, 9.17) is 11.6 Å². The van der Waals surface area contributed by atoms with E-state index in [1.54, 1.807) is 6.07 Å². The van der Waals surface area contributed by atoms with Crippen molar-refractivity contribution in [2.24, 2.45) is 11.8 Å². The van der Waals surface area contributed by atoms with Crippen LogP contribution in [0.3, 0.4) is 0 Å². The molecule has 0 spiro atoms. The highest BCUT2D eigenvalue weighted by Crippen LogP contribution is 2.44. The minimum atomic E-state index is -0.873. The quantitative estimate of drug-likeness (QED) is 0.899. The maximum Gasteiger partial charge on any atom is 0.171 e. The van der Waals surface area contributed by atoms with Crippen molar-refractivity contribution in [2.45, 2.75) is 45.1 Å². The number of ketones is 1. The van der Waals surface area contributed by atoms with Crippen molar-refractivity contribution in [1.29, 1.82) is 0 Å². The van der Waals surface area contributed by atoms with Crippen LogP contribution in [-0.4, -0.2) is 17.0 Å². The summed E-state index contributed by atoms with van der Waals surface area (Å²) in [4.78, 5) is 12.5. The molecule has 19 heavy (non-hydrogen) atoms. The van der Waals surface area contributed by atoms with E-state index in [2.05, 4.69) is 13.8 Å². The number of rotatable bonds is 2. The predicted molar refractivity (Wildman–Crippen MR) is 77.4 cm³/mol. The third-order valence-corrected chi connectivity index (χ3v) is 4.78. The number of hydrogen-bond acceptors (Lipinski definition) is 2. The van der Waals surface area contributed by atoms with Gasteiger partial charge in [-0.25, -0.2) is 0 Å². The Hall–Kier alpha value is -0.860. The van der Waals surface area contributed by atoms with Crippen LogP contribution in [0.1, 0.15) is 39.2 Å². The summed E-state index contributed by atoms with van der Waals surface area (Å²) in [6.45, 7) is 6.19. The summed E-state index contributed by atoms with van der Waals surface area (Å²) in [5, 5.41) is 10.7. The molecule has 0 amide bonds. The van der Waals surface area contributed by atoms with E-state index >= 15 is 0 Å². The molecule has 0 aliphatic heterocycles. The summed E-state index contributed by atoms with van der Waals surface area (Å²) in [5.41, 5.74) is 0.163. The molecule has 1 saturated carbocycles. The van der Waals surface area contributed by atoms with Gasteiger partial charge in [-0.05, 0) is 43.2 Å². The fraction of sp³-hybridized carbons (Fsp3) is 0.562. The molecule has 3 atom stereocenters. The molecule has 2 nitrogen and oxygen atoms in total. The molecule has 1 aliphatic carbocycles. The third kappa shape index (κ3) is 2.56. The van der Waals surface area contributed by atoms with Gasteiger partial charge in [0.15, 0.2) is 5.78 Å². The van der Waals surface area contributed by atoms with Crippen LogP contribution in [0.5, 0.6) is 0 Å². The van der Waals surface area contributed by atoms with Crippen molar-refractivity contribution < 1.29 is 9.90 Å². The molecular weight excluding hydrogens is 260 g/mol. The summed E-state index contributed by atoms with van der Waals surface area (Å²) >= 11 is 6.25. The molecule has 0 unspecified atom stereocenters. The first-order chi connectivity index (χ1) is 8.86. The van der Waals surface area contributed by atoms with Gasteiger partial charge < -0.3 is 5.11 Å². The van der Waals surface area contributed by atoms with Gasteiger partial charge in [0.1, 0.15) is 6.10 Å². The molecule has 1 N–H and O–H groups in total. The molecule has 0 bridgehead atoms. The molecule has 3 heteroatoms. The van der Waals surface area contributed by atoms with E-state index in [0.29, 0.717) is 23.3 Å². The third-order valence-electron chi connectivity index (χ3n) is 4.45. The van der Waals surface area contributed by atoms with Crippen LogP contribution in [0.15, 0.2) is 24.3 Å². The van der Waals surface area contributed by atoms with Crippen LogP contribution in [0, 0.1) is 11.8 Å². The Morgan fingerprint density at radius 1 is 1.37 bits per heavy atom. The first-order valence-electron chi connectivity index (χ1n) is 6.83. The second-order valence-electron chi connectivity index (χ2n) is 6.14. The topological polar surface area (TPSA) is 37.3 Å². The molecule has 0 aromatic heterocycles. The number of hydrogen-bond donors (Lipinski definition) is 1. The fourth-order valence-corrected chi connectivity index (χ4v) is 3.47. The number of aliphatic hydroxyl groups is 1. The van der Waals surface area contributed by atoms with Gasteiger partial charge in [0.2, 0.25) is 0 Å². The van der Waals surface area contributed by atoms with Crippen molar-refractivity contribution in [3.63, 3.8) is 0 Å². The molecule has 0 radical (unpaired) electrons. The van der Waals surface area contributed by atoms with Crippen molar-refractivity contribution in [2.75, 3.05) is 0 Å². The van der Waals surface area contributed by atoms with Gasteiger partial charge in [-0.1, -0.05) is 43.6 Å². The number of halogens is 1. The Morgan fingerprint density at radius 2 is 2.00 bits per heavy atom. The lowest BCUT2D eigenvalue weighted by atomic mass is 9.63. The maximum atomic E-state index is 12.5. The molecule has 2 rings (SSSR count). The van der Waals surface area contributed by atoms with Crippen LogP contribution >= 0.6 is 11.6 Å². The molecular formula is C16H21ClO2. The molecule has 0 heterocycles. The SMILES string of the molecule is CC(C)[C@@H]1C[C@H](O)C(=O)[C@@](C)(c2ccccc2Cl)C1. The number of carbonyl (C=O) groups is 1. The standard InChI is InChI=1S/C16H21ClO2/c1-10(2)11-8-14(18)15(19)16(3,9-11)12-6-4-5-7-13(12)17/h4-7,10-11,14,18H,8-9H2,1-3H3/t11-,14+,16-/m1/s1. The highest BCUT2D eigenvalue weighted by molar-refractivity contribution is 6.31. The number of carbonyl (C=O) groups excluding carboxylic acids is 1. The summed E-state index contributed by atoms with van der Waals surface area (Å²) < 4.78 is 0. The van der Waals surface area contributed by atoms with Crippen molar-refractivity contribution >= 4 is 17.4 Å². The van der Waals surface area contributed by atoms with Crippen molar-refractivity contribution in [1.82, 2.24) is 0 Å². The van der Waals surface area contributed by atoms with Crippen molar-refractivity contribution in [3.8, 4) is 0 Å². The van der Waals surface area contributed by atoms with E-state index in [-0.39, 0.29) is 5.78 Å². The Labute approximate surface area is 119 Å². The lowest BCUT2D eigenvalue weighted by molar-refractivity contribution is -0.138. The minimum absolute atomic E-state index is 0.0995. The maximum absolute atomic E-state index is 12.5. The lowest BCUT2D eigenvalue weighted by Gasteiger charge is -2.41. The fourth-order valence-electron chi connectivity index (χ4n) is 3.13. The van der Waals surface area contributed by atoms with Gasteiger partial charge in [0.25, 0.3) is 0 Å². The second kappa shape index (κ2) is 5.26. The van der Waals surface area contributed by atoms with Crippen LogP contribution in [0.25, 0.3) is 0 Å². The minimum Gasteiger partial charge on any atom is -0.385 e. The number of Topliss-reactive ketones (excluding diaryl/α,β-unsaturated/α-hetero) is 1. The number of benzene rings is 1. The lowest BCUT2D eigenvalue weighted by Crippen LogP contribution is -2.48. The normalized spacial score (nSPS) is 31.8. The zero-order valence-corrected chi connectivity index (χ0v) is 12.4. The van der Waals surface area contributed by atoms with Gasteiger partial charge in [-0.3, -0.25) is 4.79 Å². The van der Waals surface area contributed by atoms with E-state index in [9.17, 15) is 9.90 Å². The summed E-state index contributed by atoms with van der Waals surface area (Å²) in [7, 11) is 0. The van der Waals surface area contributed by atoms with Gasteiger partial charge in [0, 0.05) is 5.02 Å². The van der Waals surface area contributed by atoms with Crippen LogP contribution in [0.4, 0.5) is 0 Å². The van der Waals surface area contributed by atoms with Gasteiger partial charge in [-0.2, -0.15) is 0 Å². The van der Waals surface area contributed by atoms with E-state index in [1.165, 1.54) is 0 Å². The first kappa shape index (κ1) is 14.5. The van der Waals surface area contributed by atoms with Gasteiger partial charge in [-0.15, -0.1) is 0 Å². The predicted octanol–water partition coefficient (Wildman–Crippen LogP) is 3.59. The first-order valence-corrected chi connectivity index (χ1v) is 7.21. The second-order valence-corrected chi connectivity index (χ2v) is 6.54. The van der Waals surface area contributed by atoms with Gasteiger partial charge >= 0.3 is 0 Å². The number of aliphatic hydroxyl groups excluding tert-OH is 1. The zero-order valence-electron chi connectivity index (χ0n) is 11.7. The summed E-state index contributed by atoms with van der Waals surface area (Å²) in [6.07, 6.45) is 0.448. The largest absolute Gasteiger partial charge is 0.385 e. The Kier molecular flexibility index (Phi) is 4.03. The van der Waals surface area contributed by atoms with Crippen molar-refractivity contribution in [3.05, 3.63) is 34.9 Å². The van der Waals surface area contributed by atoms with E-state index in [1.807, 2.05) is 25.1 Å². The smallest absolute Gasteiger partial charge is 0.171 e. The van der Waals surface area contributed by atoms with Gasteiger partial charge in [0.05, 0.1) is 5.41 Å². The summed E-state index contributed by atoms with van der Waals surface area (Å²) in [5.74, 6) is 0.691. The van der Waals surface area contributed by atoms with E-state index in [0.717, 1.165) is 12.0 Å². The Balaban J connectivity index is 2.44. The van der Waals surface area contributed by atoms with Crippen LogP contribution in [-0.2, 0) is 10.2 Å². The summed E-state index contributed by atoms with van der Waals surface area (Å²) in [6, 6.07) is 7.46. The zero-order chi connectivity index (χ0) is 14.2. The Bertz CT molecular complexity index is 483. The molecule has 1 fully saturated rings. The molecule has 1 aromatic carbocycles. The highest BCUT2D eigenvalue weighted by atomic mass is 35.5. The molecule has 0 saturated heterocycles. The average Bonchev–Trinajstić information content (AvgIpc) is 2.35. The average molecular weight is 281 g/mol. The molecule has 1 aliphatic rings. The van der Waals surface area contributed by atoms with Crippen LogP contribution < -0.4 is 0 Å². The molecule has 104 valence electrons. The van der Waals surface area contributed by atoms with Crippen LogP contribution in [0.2, 0.25) is 5.02 Å². The van der Waals surface area contributed by atoms with E-state index < -0.39 is 11.5 Å². The molecule has 1 aromatic rings.